The SMILES string of the molecule is NC(=O)C1(CNC(=O)c2n[nH]c3ccccc23)CCOCC1. The average molecular weight is 302 g/mol. The third-order valence-electron chi connectivity index (χ3n) is 4.25. The van der Waals surface area contributed by atoms with Crippen molar-refractivity contribution >= 4 is 22.7 Å². The van der Waals surface area contributed by atoms with E-state index >= 15 is 0 Å². The van der Waals surface area contributed by atoms with E-state index in [1.165, 1.54) is 0 Å². The number of primary amides is 1. The van der Waals surface area contributed by atoms with Crippen molar-refractivity contribution in [1.29, 1.82) is 0 Å². The van der Waals surface area contributed by atoms with Crippen molar-refractivity contribution in [2.75, 3.05) is 19.8 Å². The Bertz CT molecular complexity index is 704. The van der Waals surface area contributed by atoms with Gasteiger partial charge in [0.15, 0.2) is 5.69 Å². The van der Waals surface area contributed by atoms with Gasteiger partial charge in [0.25, 0.3) is 5.91 Å². The quantitative estimate of drug-likeness (QED) is 0.767. The molecule has 0 radical (unpaired) electrons. The summed E-state index contributed by atoms with van der Waals surface area (Å²) < 4.78 is 5.27. The van der Waals surface area contributed by atoms with E-state index in [0.717, 1.165) is 10.9 Å². The minimum absolute atomic E-state index is 0.200. The van der Waals surface area contributed by atoms with E-state index in [-0.39, 0.29) is 12.5 Å². The van der Waals surface area contributed by atoms with Crippen molar-refractivity contribution in [3.63, 3.8) is 0 Å². The summed E-state index contributed by atoms with van der Waals surface area (Å²) in [5.74, 6) is -0.715. The number of aromatic nitrogens is 2. The lowest BCUT2D eigenvalue weighted by atomic mass is 9.79. The number of hydrogen-bond donors (Lipinski definition) is 3. The topological polar surface area (TPSA) is 110 Å². The van der Waals surface area contributed by atoms with Crippen LogP contribution in [0.3, 0.4) is 0 Å². The maximum atomic E-state index is 12.4. The highest BCUT2D eigenvalue weighted by Gasteiger charge is 2.38. The molecule has 4 N–H and O–H groups in total. The first-order valence-electron chi connectivity index (χ1n) is 7.21. The zero-order chi connectivity index (χ0) is 15.6. The normalized spacial score (nSPS) is 17.3. The van der Waals surface area contributed by atoms with Crippen LogP contribution >= 0.6 is 0 Å². The van der Waals surface area contributed by atoms with Crippen LogP contribution in [0.1, 0.15) is 23.3 Å². The zero-order valence-corrected chi connectivity index (χ0v) is 12.1. The monoisotopic (exact) mass is 302 g/mol. The van der Waals surface area contributed by atoms with Gasteiger partial charge in [-0.1, -0.05) is 18.2 Å². The van der Waals surface area contributed by atoms with Crippen LogP contribution in [0.2, 0.25) is 0 Å². The fourth-order valence-corrected chi connectivity index (χ4v) is 2.74. The molecule has 0 atom stereocenters. The van der Waals surface area contributed by atoms with Crippen LogP contribution < -0.4 is 11.1 Å². The summed E-state index contributed by atoms with van der Waals surface area (Å²) in [6.45, 7) is 1.15. The molecule has 0 aliphatic carbocycles. The molecule has 1 aromatic heterocycles. The van der Waals surface area contributed by atoms with E-state index in [0.29, 0.717) is 31.7 Å². The highest BCUT2D eigenvalue weighted by atomic mass is 16.5. The Morgan fingerprint density at radius 3 is 2.77 bits per heavy atom. The van der Waals surface area contributed by atoms with Gasteiger partial charge in [0.2, 0.25) is 5.91 Å². The summed E-state index contributed by atoms with van der Waals surface area (Å²) in [5.41, 5.74) is 5.91. The van der Waals surface area contributed by atoms with Gasteiger partial charge in [-0.15, -0.1) is 0 Å². The summed E-state index contributed by atoms with van der Waals surface area (Å²) in [6, 6.07) is 7.39. The first-order chi connectivity index (χ1) is 10.6. The molecule has 2 amide bonds. The number of H-pyrrole nitrogens is 1. The summed E-state index contributed by atoms with van der Waals surface area (Å²) in [7, 11) is 0. The number of nitrogens with zero attached hydrogens (tertiary/aromatic N) is 1. The highest BCUT2D eigenvalue weighted by Crippen LogP contribution is 2.29. The Labute approximate surface area is 127 Å². The molecule has 1 aromatic carbocycles. The molecule has 1 aliphatic heterocycles. The lowest BCUT2D eigenvalue weighted by Gasteiger charge is -2.34. The lowest BCUT2D eigenvalue weighted by molar-refractivity contribution is -0.132. The number of nitrogens with one attached hydrogen (secondary N) is 2. The molecule has 0 spiro atoms. The molecule has 7 nitrogen and oxygen atoms in total. The smallest absolute Gasteiger partial charge is 0.272 e. The van der Waals surface area contributed by atoms with Crippen LogP contribution in [0.15, 0.2) is 24.3 Å². The van der Waals surface area contributed by atoms with E-state index in [1.54, 1.807) is 0 Å². The molecule has 0 bridgehead atoms. The van der Waals surface area contributed by atoms with Crippen molar-refractivity contribution < 1.29 is 14.3 Å². The molecule has 1 fully saturated rings. The molecule has 1 aliphatic rings. The molecule has 7 heteroatoms. The van der Waals surface area contributed by atoms with Crippen LogP contribution in [0.4, 0.5) is 0 Å². The molecule has 2 aromatic rings. The van der Waals surface area contributed by atoms with Gasteiger partial charge in [-0.3, -0.25) is 14.7 Å². The van der Waals surface area contributed by atoms with Crippen LogP contribution in [-0.2, 0) is 9.53 Å². The van der Waals surface area contributed by atoms with Gasteiger partial charge in [0.05, 0.1) is 10.9 Å². The number of benzene rings is 1. The van der Waals surface area contributed by atoms with Crippen LogP contribution in [0.25, 0.3) is 10.9 Å². The molecule has 22 heavy (non-hydrogen) atoms. The van der Waals surface area contributed by atoms with Crippen molar-refractivity contribution in [1.82, 2.24) is 15.5 Å². The number of rotatable bonds is 4. The number of carbonyl (C=O) groups is 2. The van der Waals surface area contributed by atoms with Crippen molar-refractivity contribution in [3.05, 3.63) is 30.0 Å². The Morgan fingerprint density at radius 2 is 2.05 bits per heavy atom. The van der Waals surface area contributed by atoms with Crippen LogP contribution in [-0.4, -0.2) is 41.8 Å². The van der Waals surface area contributed by atoms with Gasteiger partial charge in [-0.05, 0) is 18.9 Å². The third kappa shape index (κ3) is 2.55. The molecule has 3 rings (SSSR count). The molecule has 0 unspecified atom stereocenters. The molecular weight excluding hydrogens is 284 g/mol. The Balaban J connectivity index is 1.75. The second kappa shape index (κ2) is 5.76. The fraction of sp³-hybridized carbons (Fsp3) is 0.400. The van der Waals surface area contributed by atoms with E-state index in [1.807, 2.05) is 24.3 Å². The van der Waals surface area contributed by atoms with E-state index in [2.05, 4.69) is 15.5 Å². The van der Waals surface area contributed by atoms with E-state index < -0.39 is 11.3 Å². The maximum Gasteiger partial charge on any atom is 0.272 e. The lowest BCUT2D eigenvalue weighted by Crippen LogP contribution is -2.49. The zero-order valence-electron chi connectivity index (χ0n) is 12.1. The number of para-hydroxylation sites is 1. The summed E-state index contributed by atoms with van der Waals surface area (Å²) >= 11 is 0. The van der Waals surface area contributed by atoms with Gasteiger partial charge in [-0.2, -0.15) is 5.10 Å². The highest BCUT2D eigenvalue weighted by molar-refractivity contribution is 6.04. The second-order valence-electron chi connectivity index (χ2n) is 5.56. The molecule has 0 saturated carbocycles. The molecule has 116 valence electrons. The summed E-state index contributed by atoms with van der Waals surface area (Å²) in [5, 5.41) is 10.4. The van der Waals surface area contributed by atoms with Crippen molar-refractivity contribution in [2.45, 2.75) is 12.8 Å². The van der Waals surface area contributed by atoms with E-state index in [4.69, 9.17) is 10.5 Å². The minimum atomic E-state index is -0.736. The molecular formula is C15H18N4O3. The van der Waals surface area contributed by atoms with Gasteiger partial charge < -0.3 is 15.8 Å². The van der Waals surface area contributed by atoms with Crippen molar-refractivity contribution in [2.24, 2.45) is 11.1 Å². The number of aromatic amines is 1. The third-order valence-corrected chi connectivity index (χ3v) is 4.25. The minimum Gasteiger partial charge on any atom is -0.381 e. The van der Waals surface area contributed by atoms with Gasteiger partial charge in [-0.25, -0.2) is 0 Å². The number of hydrogen-bond acceptors (Lipinski definition) is 4. The number of fused-ring (bicyclic) bond motifs is 1. The summed E-state index contributed by atoms with van der Waals surface area (Å²) in [6.07, 6.45) is 1.04. The first kappa shape index (κ1) is 14.5. The van der Waals surface area contributed by atoms with Gasteiger partial charge in [0, 0.05) is 25.1 Å². The Kier molecular flexibility index (Phi) is 3.81. The maximum absolute atomic E-state index is 12.4. The van der Waals surface area contributed by atoms with Gasteiger partial charge in [0.1, 0.15) is 0 Å². The van der Waals surface area contributed by atoms with Crippen LogP contribution in [0.5, 0.6) is 0 Å². The second-order valence-corrected chi connectivity index (χ2v) is 5.56. The molecule has 1 saturated heterocycles. The fourth-order valence-electron chi connectivity index (χ4n) is 2.74. The first-order valence-corrected chi connectivity index (χ1v) is 7.21. The number of amides is 2. The largest absolute Gasteiger partial charge is 0.381 e. The Morgan fingerprint density at radius 1 is 1.32 bits per heavy atom. The number of carbonyl (C=O) groups excluding carboxylic acids is 2. The summed E-state index contributed by atoms with van der Waals surface area (Å²) in [4.78, 5) is 24.1. The average Bonchev–Trinajstić information content (AvgIpc) is 2.97. The van der Waals surface area contributed by atoms with E-state index in [9.17, 15) is 9.59 Å². The Hall–Kier alpha value is -2.41. The number of ether oxygens (including phenoxy) is 1. The number of nitrogens with two attached hydrogens (primary N) is 1. The predicted octanol–water partition coefficient (Wildman–Crippen LogP) is 0.575. The molecule has 2 heterocycles. The van der Waals surface area contributed by atoms with Crippen LogP contribution in [0, 0.1) is 5.41 Å². The predicted molar refractivity (Wildman–Crippen MR) is 80.1 cm³/mol. The van der Waals surface area contributed by atoms with Crippen molar-refractivity contribution in [3.8, 4) is 0 Å². The van der Waals surface area contributed by atoms with Gasteiger partial charge >= 0.3 is 0 Å². The standard InChI is InChI=1S/C15H18N4O3/c16-14(21)15(5-7-22-8-6-15)9-17-13(20)12-10-3-1-2-4-11(10)18-19-12/h1-4H,5-9H2,(H2,16,21)(H,17,20)(H,18,19).